The number of nitro groups is 2. The van der Waals surface area contributed by atoms with Gasteiger partial charge in [0.05, 0.1) is 0 Å². The Kier molecular flexibility index (Phi) is 5.00. The molecular formula is C9H12N4O4. The first-order valence-electron chi connectivity index (χ1n) is 4.97. The van der Waals surface area contributed by atoms with Crippen molar-refractivity contribution in [3.05, 3.63) is 20.2 Å². The molecule has 0 aliphatic rings. The van der Waals surface area contributed by atoms with Crippen LogP contribution in [-0.2, 0) is 0 Å². The third-order valence-corrected chi connectivity index (χ3v) is 3.07. The second-order valence-electron chi connectivity index (χ2n) is 3.57. The molecule has 0 amide bonds. The molecule has 0 bridgehead atoms. The van der Waals surface area contributed by atoms with Crippen LogP contribution < -0.4 is 0 Å². The van der Waals surface area contributed by atoms with Gasteiger partial charge >= 0.3 is 12.1 Å². The zero-order chi connectivity index (χ0) is 13.6. The van der Waals surface area contributed by atoms with Crippen molar-refractivity contribution in [1.29, 1.82) is 10.5 Å². The van der Waals surface area contributed by atoms with Crippen molar-refractivity contribution < 1.29 is 9.85 Å². The molecule has 8 nitrogen and oxygen atoms in total. The Morgan fingerprint density at radius 2 is 1.35 bits per heavy atom. The van der Waals surface area contributed by atoms with Gasteiger partial charge in [-0.1, -0.05) is 13.8 Å². The number of hydrogen-bond donors (Lipinski definition) is 0. The molecule has 8 heteroatoms. The Balaban J connectivity index is 5.75. The molecule has 0 radical (unpaired) electrons. The zero-order valence-corrected chi connectivity index (χ0v) is 9.49. The van der Waals surface area contributed by atoms with Crippen LogP contribution in [-0.4, -0.2) is 21.9 Å². The van der Waals surface area contributed by atoms with Crippen LogP contribution in [0.5, 0.6) is 0 Å². The normalized spacial score (nSPS) is 14.1. The first kappa shape index (κ1) is 14.8. The van der Waals surface area contributed by atoms with E-state index in [9.17, 15) is 20.2 Å². The minimum Gasteiger partial charge on any atom is -0.263 e. The molecule has 0 saturated heterocycles. The minimum atomic E-state index is -1.76. The molecule has 0 aromatic rings. The predicted molar refractivity (Wildman–Crippen MR) is 55.8 cm³/mol. The van der Waals surface area contributed by atoms with Gasteiger partial charge in [-0.2, -0.15) is 10.5 Å². The van der Waals surface area contributed by atoms with Gasteiger partial charge in [0.25, 0.3) is 0 Å². The lowest BCUT2D eigenvalue weighted by molar-refractivity contribution is -0.574. The van der Waals surface area contributed by atoms with Crippen molar-refractivity contribution in [3.8, 4) is 12.1 Å². The van der Waals surface area contributed by atoms with Gasteiger partial charge < -0.3 is 0 Å². The molecule has 0 spiro atoms. The van der Waals surface area contributed by atoms with Crippen LogP contribution in [0.3, 0.4) is 0 Å². The number of hydrogen-bond acceptors (Lipinski definition) is 6. The summed E-state index contributed by atoms with van der Waals surface area (Å²) in [5.41, 5.74) is -1.56. The summed E-state index contributed by atoms with van der Waals surface area (Å²) in [4.78, 5) is 19.9. The summed E-state index contributed by atoms with van der Waals surface area (Å²) < 4.78 is 0. The number of nitriles is 2. The summed E-state index contributed by atoms with van der Waals surface area (Å²) in [6.45, 7) is 3.01. The minimum absolute atomic E-state index is 0.0158. The van der Waals surface area contributed by atoms with Crippen LogP contribution in [0.25, 0.3) is 0 Å². The highest BCUT2D eigenvalue weighted by Gasteiger charge is 2.57. The van der Waals surface area contributed by atoms with E-state index in [0.29, 0.717) is 0 Å². The number of nitrogens with zero attached hydrogens (tertiary/aromatic N) is 4. The summed E-state index contributed by atoms with van der Waals surface area (Å²) in [7, 11) is 0. The second kappa shape index (κ2) is 5.75. The molecule has 0 aromatic heterocycles. The third kappa shape index (κ3) is 2.48. The lowest BCUT2D eigenvalue weighted by atomic mass is 9.71. The van der Waals surface area contributed by atoms with Gasteiger partial charge in [0.1, 0.15) is 17.6 Å². The van der Waals surface area contributed by atoms with Crippen molar-refractivity contribution in [1.82, 2.24) is 0 Å². The standard InChI is InChI=1S/C9H12N4O4/c1-3-9(4-2,7(5-10)12(14)15)8(6-11)13(16)17/h7-8H,3-4H2,1-2H3/t7-,8+. The van der Waals surface area contributed by atoms with Gasteiger partial charge in [0, 0.05) is 9.85 Å². The Hall–Kier alpha value is -2.22. The highest BCUT2D eigenvalue weighted by molar-refractivity contribution is 5.08. The monoisotopic (exact) mass is 240 g/mol. The van der Waals surface area contributed by atoms with E-state index >= 15 is 0 Å². The summed E-state index contributed by atoms with van der Waals surface area (Å²) in [6.07, 6.45) is 0.0316. The average molecular weight is 240 g/mol. The summed E-state index contributed by atoms with van der Waals surface area (Å²) in [6, 6.07) is -0.595. The lowest BCUT2D eigenvalue weighted by Crippen LogP contribution is -2.50. The SMILES string of the molecule is CCC(CC)([C@H](C#N)[N+](=O)[O-])[C@@H](C#N)[N+](=O)[O-]. The smallest absolute Gasteiger partial charge is 0.263 e. The van der Waals surface area contributed by atoms with E-state index in [2.05, 4.69) is 0 Å². The molecule has 0 saturated carbocycles. The molecule has 0 aromatic carbocycles. The lowest BCUT2D eigenvalue weighted by Gasteiger charge is -2.29. The molecule has 0 rings (SSSR count). The summed E-state index contributed by atoms with van der Waals surface area (Å²) in [5, 5.41) is 39.2. The van der Waals surface area contributed by atoms with E-state index in [4.69, 9.17) is 10.5 Å². The highest BCUT2D eigenvalue weighted by atomic mass is 16.6. The molecule has 0 heterocycles. The first-order valence-corrected chi connectivity index (χ1v) is 4.97. The summed E-state index contributed by atoms with van der Waals surface area (Å²) in [5.74, 6) is 0. The quantitative estimate of drug-likeness (QED) is 0.504. The van der Waals surface area contributed by atoms with E-state index < -0.39 is 27.3 Å². The molecule has 17 heavy (non-hydrogen) atoms. The fourth-order valence-corrected chi connectivity index (χ4v) is 1.94. The van der Waals surface area contributed by atoms with Crippen LogP contribution in [0, 0.1) is 48.3 Å². The van der Waals surface area contributed by atoms with E-state index in [1.807, 2.05) is 0 Å². The van der Waals surface area contributed by atoms with Gasteiger partial charge in [-0.15, -0.1) is 0 Å². The van der Waals surface area contributed by atoms with Crippen LogP contribution in [0.2, 0.25) is 0 Å². The molecule has 0 unspecified atom stereocenters. The highest BCUT2D eigenvalue weighted by Crippen LogP contribution is 2.37. The van der Waals surface area contributed by atoms with Gasteiger partial charge in [0.15, 0.2) is 0 Å². The van der Waals surface area contributed by atoms with Crippen molar-refractivity contribution >= 4 is 0 Å². The first-order chi connectivity index (χ1) is 7.91. The molecular weight excluding hydrogens is 228 g/mol. The van der Waals surface area contributed by atoms with Crippen LogP contribution in [0.4, 0.5) is 0 Å². The molecule has 0 aliphatic carbocycles. The van der Waals surface area contributed by atoms with Crippen molar-refractivity contribution in [2.75, 3.05) is 0 Å². The van der Waals surface area contributed by atoms with E-state index in [-0.39, 0.29) is 12.8 Å². The van der Waals surface area contributed by atoms with Crippen molar-refractivity contribution in [2.24, 2.45) is 5.41 Å². The van der Waals surface area contributed by atoms with Gasteiger partial charge in [-0.05, 0) is 12.8 Å². The second-order valence-corrected chi connectivity index (χ2v) is 3.57. The van der Waals surface area contributed by atoms with Gasteiger partial charge in [0.2, 0.25) is 0 Å². The Labute approximate surface area is 97.7 Å². The zero-order valence-electron chi connectivity index (χ0n) is 9.49. The molecule has 2 atom stereocenters. The molecule has 0 fully saturated rings. The average Bonchev–Trinajstić information content (AvgIpc) is 2.27. The molecule has 0 aliphatic heterocycles. The Morgan fingerprint density at radius 3 is 1.47 bits per heavy atom. The fourth-order valence-electron chi connectivity index (χ4n) is 1.94. The number of rotatable bonds is 6. The van der Waals surface area contributed by atoms with Gasteiger partial charge in [-0.25, -0.2) is 0 Å². The molecule has 0 N–H and O–H groups in total. The largest absolute Gasteiger partial charge is 0.309 e. The maximum Gasteiger partial charge on any atom is 0.309 e. The van der Waals surface area contributed by atoms with Crippen molar-refractivity contribution in [3.63, 3.8) is 0 Å². The fraction of sp³-hybridized carbons (Fsp3) is 0.778. The molecule has 92 valence electrons. The predicted octanol–water partition coefficient (Wildman–Crippen LogP) is 1.13. The van der Waals surface area contributed by atoms with Crippen LogP contribution in [0.15, 0.2) is 0 Å². The third-order valence-electron chi connectivity index (χ3n) is 3.07. The Bertz CT molecular complexity index is 357. The maximum atomic E-state index is 10.8. The maximum absolute atomic E-state index is 10.8. The van der Waals surface area contributed by atoms with E-state index in [1.165, 1.54) is 26.0 Å². The van der Waals surface area contributed by atoms with Crippen LogP contribution >= 0.6 is 0 Å². The summed E-state index contributed by atoms with van der Waals surface area (Å²) >= 11 is 0. The topological polar surface area (TPSA) is 134 Å². The van der Waals surface area contributed by atoms with E-state index in [0.717, 1.165) is 0 Å². The van der Waals surface area contributed by atoms with Crippen LogP contribution in [0.1, 0.15) is 26.7 Å². The Morgan fingerprint density at radius 1 is 1.06 bits per heavy atom. The van der Waals surface area contributed by atoms with Crippen molar-refractivity contribution in [2.45, 2.75) is 38.8 Å². The van der Waals surface area contributed by atoms with E-state index in [1.54, 1.807) is 0 Å². The van der Waals surface area contributed by atoms with Gasteiger partial charge in [-0.3, -0.25) is 20.2 Å².